The van der Waals surface area contributed by atoms with E-state index in [0.29, 0.717) is 5.52 Å². The summed E-state index contributed by atoms with van der Waals surface area (Å²) in [6, 6.07) is 7.35. The largest absolute Gasteiger partial charge is 0.244 e. The zero-order valence-corrected chi connectivity index (χ0v) is 9.84. The summed E-state index contributed by atoms with van der Waals surface area (Å²) in [7, 11) is -3.22. The van der Waals surface area contributed by atoms with E-state index in [4.69, 9.17) is 0 Å². The number of fused-ring (bicyclic) bond motifs is 1. The van der Waals surface area contributed by atoms with Gasteiger partial charge in [-0.15, -0.1) is 0 Å². The second kappa shape index (κ2) is 3.10. The van der Waals surface area contributed by atoms with E-state index in [2.05, 4.69) is 15.9 Å². The van der Waals surface area contributed by atoms with Gasteiger partial charge in [0.25, 0.3) is 0 Å². The number of para-hydroxylation sites is 1. The predicted octanol–water partition coefficient (Wildman–Crippen LogP) is 2.21. The number of nitrogens with zero attached hydrogens (tertiary/aromatic N) is 1. The Balaban J connectivity index is 2.93. The summed E-state index contributed by atoms with van der Waals surface area (Å²) in [4.78, 5) is 0. The van der Waals surface area contributed by atoms with Gasteiger partial charge in [0.05, 0.1) is 11.8 Å². The molecule has 0 spiro atoms. The molecule has 2 rings (SSSR count). The molecule has 0 atom stereocenters. The topological polar surface area (TPSA) is 39.1 Å². The van der Waals surface area contributed by atoms with E-state index in [9.17, 15) is 8.42 Å². The minimum Gasteiger partial charge on any atom is -0.244 e. The average molecular weight is 274 g/mol. The van der Waals surface area contributed by atoms with Gasteiger partial charge in [-0.3, -0.25) is 0 Å². The van der Waals surface area contributed by atoms with Crippen LogP contribution in [0, 0.1) is 0 Å². The van der Waals surface area contributed by atoms with Crippen LogP contribution in [0.5, 0.6) is 0 Å². The lowest BCUT2D eigenvalue weighted by Crippen LogP contribution is -2.07. The standard InChI is InChI=1S/C9H8BrNO2S/c1-14(12,13)11-6-8(10)7-4-2-3-5-9(7)11/h2-6H,1H3. The molecule has 1 heterocycles. The highest BCUT2D eigenvalue weighted by Crippen LogP contribution is 2.26. The third-order valence-corrected chi connectivity index (χ3v) is 3.64. The fraction of sp³-hybridized carbons (Fsp3) is 0.111. The molecule has 1 aromatic heterocycles. The molecule has 0 aliphatic carbocycles. The van der Waals surface area contributed by atoms with Gasteiger partial charge in [-0.05, 0) is 22.0 Å². The highest BCUT2D eigenvalue weighted by Gasteiger charge is 2.12. The van der Waals surface area contributed by atoms with Crippen LogP contribution in [-0.2, 0) is 10.0 Å². The van der Waals surface area contributed by atoms with Gasteiger partial charge in [0.1, 0.15) is 0 Å². The summed E-state index contributed by atoms with van der Waals surface area (Å²) in [5.41, 5.74) is 0.696. The Hall–Kier alpha value is -0.810. The van der Waals surface area contributed by atoms with Crippen LogP contribution in [0.3, 0.4) is 0 Å². The Labute approximate surface area is 90.5 Å². The maximum Gasteiger partial charge on any atom is 0.236 e. The lowest BCUT2D eigenvalue weighted by Gasteiger charge is -2.00. The van der Waals surface area contributed by atoms with Crippen molar-refractivity contribution >= 4 is 36.9 Å². The van der Waals surface area contributed by atoms with Gasteiger partial charge in [0.15, 0.2) is 0 Å². The molecule has 0 N–H and O–H groups in total. The number of hydrogen-bond donors (Lipinski definition) is 0. The molecule has 0 saturated carbocycles. The van der Waals surface area contributed by atoms with Crippen LogP contribution in [0.2, 0.25) is 0 Å². The van der Waals surface area contributed by atoms with E-state index >= 15 is 0 Å². The molecule has 0 saturated heterocycles. The van der Waals surface area contributed by atoms with E-state index in [1.165, 1.54) is 10.2 Å². The smallest absolute Gasteiger partial charge is 0.236 e. The molecule has 14 heavy (non-hydrogen) atoms. The van der Waals surface area contributed by atoms with Crippen LogP contribution in [0.25, 0.3) is 10.9 Å². The molecule has 0 aliphatic rings. The minimum absolute atomic E-state index is 0.696. The van der Waals surface area contributed by atoms with Crippen molar-refractivity contribution in [3.63, 3.8) is 0 Å². The Kier molecular flexibility index (Phi) is 2.16. The number of halogens is 1. The minimum atomic E-state index is -3.22. The molecule has 74 valence electrons. The summed E-state index contributed by atoms with van der Waals surface area (Å²) in [6.45, 7) is 0. The van der Waals surface area contributed by atoms with Gasteiger partial charge < -0.3 is 0 Å². The Bertz CT molecular complexity index is 586. The van der Waals surface area contributed by atoms with Gasteiger partial charge in [-0.25, -0.2) is 12.4 Å². The van der Waals surface area contributed by atoms with E-state index in [1.807, 2.05) is 18.2 Å². The maximum absolute atomic E-state index is 11.4. The molecular weight excluding hydrogens is 266 g/mol. The number of benzene rings is 1. The van der Waals surface area contributed by atoms with Crippen molar-refractivity contribution < 1.29 is 8.42 Å². The lowest BCUT2D eigenvalue weighted by molar-refractivity contribution is 0.595. The first-order valence-electron chi connectivity index (χ1n) is 3.96. The van der Waals surface area contributed by atoms with E-state index in [0.717, 1.165) is 9.86 Å². The molecule has 0 radical (unpaired) electrons. The summed E-state index contributed by atoms with van der Waals surface area (Å²) < 4.78 is 24.9. The quantitative estimate of drug-likeness (QED) is 0.799. The van der Waals surface area contributed by atoms with Crippen molar-refractivity contribution in [2.45, 2.75) is 0 Å². The van der Waals surface area contributed by atoms with Gasteiger partial charge >= 0.3 is 0 Å². The maximum atomic E-state index is 11.4. The van der Waals surface area contributed by atoms with Crippen molar-refractivity contribution in [3.8, 4) is 0 Å². The Morgan fingerprint density at radius 2 is 1.93 bits per heavy atom. The molecule has 0 amide bonds. The fourth-order valence-corrected chi connectivity index (χ4v) is 2.87. The summed E-state index contributed by atoms with van der Waals surface area (Å²) in [5.74, 6) is 0. The fourth-order valence-electron chi connectivity index (χ4n) is 1.38. The van der Waals surface area contributed by atoms with Gasteiger partial charge in [-0.1, -0.05) is 18.2 Å². The normalized spacial score (nSPS) is 12.1. The van der Waals surface area contributed by atoms with Crippen LogP contribution >= 0.6 is 15.9 Å². The predicted molar refractivity (Wildman–Crippen MR) is 59.9 cm³/mol. The van der Waals surface area contributed by atoms with Crippen LogP contribution in [-0.4, -0.2) is 18.6 Å². The van der Waals surface area contributed by atoms with E-state index < -0.39 is 10.0 Å². The molecule has 0 bridgehead atoms. The van der Waals surface area contributed by atoms with Crippen LogP contribution < -0.4 is 0 Å². The van der Waals surface area contributed by atoms with Crippen molar-refractivity contribution in [3.05, 3.63) is 34.9 Å². The molecule has 5 heteroatoms. The molecule has 3 nitrogen and oxygen atoms in total. The second-order valence-electron chi connectivity index (χ2n) is 3.05. The van der Waals surface area contributed by atoms with Crippen molar-refractivity contribution in [1.29, 1.82) is 0 Å². The molecule has 0 fully saturated rings. The number of rotatable bonds is 1. The zero-order chi connectivity index (χ0) is 10.3. The van der Waals surface area contributed by atoms with Crippen LogP contribution in [0.15, 0.2) is 34.9 Å². The van der Waals surface area contributed by atoms with Gasteiger partial charge in [0, 0.05) is 16.1 Å². The van der Waals surface area contributed by atoms with Gasteiger partial charge in [-0.2, -0.15) is 0 Å². The van der Waals surface area contributed by atoms with E-state index in [-0.39, 0.29) is 0 Å². The Morgan fingerprint density at radius 1 is 1.29 bits per heavy atom. The third-order valence-electron chi connectivity index (χ3n) is 1.99. The molecule has 1 aromatic carbocycles. The first-order valence-corrected chi connectivity index (χ1v) is 6.60. The summed E-state index contributed by atoms with van der Waals surface area (Å²) >= 11 is 3.32. The molecule has 2 aromatic rings. The SMILES string of the molecule is CS(=O)(=O)n1cc(Br)c2ccccc21. The molecule has 0 aliphatic heterocycles. The lowest BCUT2D eigenvalue weighted by atomic mass is 10.3. The molecular formula is C9H8BrNO2S. The van der Waals surface area contributed by atoms with Crippen molar-refractivity contribution in [2.24, 2.45) is 0 Å². The summed E-state index contributed by atoms with van der Waals surface area (Å²) in [5, 5.41) is 0.901. The van der Waals surface area contributed by atoms with Crippen LogP contribution in [0.4, 0.5) is 0 Å². The third kappa shape index (κ3) is 1.46. The Morgan fingerprint density at radius 3 is 2.57 bits per heavy atom. The highest BCUT2D eigenvalue weighted by atomic mass is 79.9. The van der Waals surface area contributed by atoms with Gasteiger partial charge in [0.2, 0.25) is 10.0 Å². The first-order chi connectivity index (χ1) is 6.50. The van der Waals surface area contributed by atoms with E-state index in [1.54, 1.807) is 12.3 Å². The highest BCUT2D eigenvalue weighted by molar-refractivity contribution is 9.10. The van der Waals surface area contributed by atoms with Crippen molar-refractivity contribution in [2.75, 3.05) is 6.26 Å². The average Bonchev–Trinajstić information content (AvgIpc) is 2.44. The second-order valence-corrected chi connectivity index (χ2v) is 5.77. The number of hydrogen-bond acceptors (Lipinski definition) is 2. The monoisotopic (exact) mass is 273 g/mol. The van der Waals surface area contributed by atoms with Crippen molar-refractivity contribution in [1.82, 2.24) is 3.97 Å². The number of aromatic nitrogens is 1. The van der Waals surface area contributed by atoms with Crippen LogP contribution in [0.1, 0.15) is 0 Å². The zero-order valence-electron chi connectivity index (χ0n) is 7.44. The molecule has 0 unspecified atom stereocenters. The first kappa shape index (κ1) is 9.73. The summed E-state index contributed by atoms with van der Waals surface area (Å²) in [6.07, 6.45) is 2.76.